The van der Waals surface area contributed by atoms with Crippen LogP contribution in [0, 0.1) is 12.1 Å². The summed E-state index contributed by atoms with van der Waals surface area (Å²) in [7, 11) is 0. The van der Waals surface area contributed by atoms with Crippen molar-refractivity contribution in [1.29, 1.82) is 0 Å². The molecule has 0 spiro atoms. The van der Waals surface area contributed by atoms with Crippen molar-refractivity contribution >= 4 is 68.3 Å². The predicted octanol–water partition coefficient (Wildman–Crippen LogP) is 15.2. The molecule has 0 atom stereocenters. The van der Waals surface area contributed by atoms with Crippen molar-refractivity contribution in [3.05, 3.63) is 266 Å². The van der Waals surface area contributed by atoms with Crippen LogP contribution in [-0.4, -0.2) is 42.5 Å². The van der Waals surface area contributed by atoms with E-state index >= 15 is 0 Å². The van der Waals surface area contributed by atoms with Gasteiger partial charge in [-0.05, 0) is 159 Å². The van der Waals surface area contributed by atoms with E-state index in [-0.39, 0.29) is 45.3 Å². The molecule has 0 amide bonds. The third-order valence-electron chi connectivity index (χ3n) is 18.1. The molecule has 8 heterocycles. The molecule has 0 radical (unpaired) electrons. The van der Waals surface area contributed by atoms with E-state index in [1.54, 1.807) is 0 Å². The molecule has 14 aromatic rings. The Labute approximate surface area is 555 Å². The number of fused-ring (bicyclic) bond motifs is 10. The monoisotopic (exact) mass is 1380 g/mol. The largest absolute Gasteiger partial charge is 2.00 e. The Morgan fingerprint density at radius 2 is 0.796 bits per heavy atom. The molecule has 10 aromatic carbocycles. The summed E-state index contributed by atoms with van der Waals surface area (Å²) in [4.78, 5) is 19.8. The Hall–Kier alpha value is -10.5. The van der Waals surface area contributed by atoms with E-state index in [1.165, 1.54) is 11.1 Å². The number of benzene rings is 10. The quantitative estimate of drug-likeness (QED) is 0.120. The maximum atomic E-state index is 6.55. The molecule has 0 fully saturated rings. The molecule has 4 aromatic heterocycles. The second-order valence-electron chi connectivity index (χ2n) is 26.0. The smallest absolute Gasteiger partial charge is 0.503 e. The van der Waals surface area contributed by atoms with Gasteiger partial charge in [0.15, 0.2) is 0 Å². The van der Waals surface area contributed by atoms with Gasteiger partial charge in [0.05, 0.1) is 33.6 Å². The maximum absolute atomic E-state index is 6.55. The van der Waals surface area contributed by atoms with Gasteiger partial charge < -0.3 is 28.5 Å². The van der Waals surface area contributed by atoms with Gasteiger partial charge >= 0.3 is 21.1 Å². The van der Waals surface area contributed by atoms with Gasteiger partial charge in [-0.15, -0.1) is 58.5 Å². The van der Waals surface area contributed by atoms with Crippen LogP contribution in [0.25, 0.3) is 78.7 Å². The SMILES string of the molecule is CC(C)(C)c1ccnc(-c2[c-]c3c(cc2)Oc2cccc4c2B3c2[c-]c(-c3nc5ccccc5n3-c3ccccc3)ccc2O4)c1.CC(C)(C)c1ccnc(-c2ccc3c(c2)B2c4cc(-c5nc6ccccc6n5-c5ccccc5)ccc4Oc4cccc(c42)O3)c1.[Pt+2]. The first-order valence-corrected chi connectivity index (χ1v) is 31.2. The minimum atomic E-state index is -0.195. The van der Waals surface area contributed by atoms with Crippen molar-refractivity contribution in [2.24, 2.45) is 0 Å². The predicted molar refractivity (Wildman–Crippen MR) is 370 cm³/mol. The zero-order valence-electron chi connectivity index (χ0n) is 51.9. The Morgan fingerprint density at radius 3 is 1.35 bits per heavy atom. The fourth-order valence-corrected chi connectivity index (χ4v) is 13.5. The molecule has 0 unspecified atom stereocenters. The van der Waals surface area contributed by atoms with Gasteiger partial charge in [-0.2, -0.15) is 0 Å². The van der Waals surface area contributed by atoms with Crippen LogP contribution in [0.5, 0.6) is 46.0 Å². The van der Waals surface area contributed by atoms with Gasteiger partial charge in [0.2, 0.25) is 6.71 Å². The minimum absolute atomic E-state index is 0. The first-order chi connectivity index (χ1) is 44.8. The van der Waals surface area contributed by atoms with Crippen LogP contribution in [0.15, 0.2) is 243 Å². The molecule has 0 aliphatic carbocycles. The van der Waals surface area contributed by atoms with E-state index in [9.17, 15) is 0 Å². The van der Waals surface area contributed by atoms with Crippen LogP contribution in [-0.2, 0) is 31.9 Å². The summed E-state index contributed by atoms with van der Waals surface area (Å²) in [6, 6.07) is 86.5. The molecule has 0 N–H and O–H groups in total. The van der Waals surface area contributed by atoms with E-state index in [0.717, 1.165) is 158 Å². The second kappa shape index (κ2) is 22.4. The van der Waals surface area contributed by atoms with Crippen LogP contribution in [0.1, 0.15) is 52.7 Å². The van der Waals surface area contributed by atoms with Gasteiger partial charge in [0, 0.05) is 51.8 Å². The number of aromatic nitrogens is 6. The third-order valence-corrected chi connectivity index (χ3v) is 18.1. The van der Waals surface area contributed by atoms with Crippen LogP contribution in [0.3, 0.4) is 0 Å². The first-order valence-electron chi connectivity index (χ1n) is 31.2. The summed E-state index contributed by atoms with van der Waals surface area (Å²) in [6.45, 7) is 13.1. The van der Waals surface area contributed by atoms with E-state index in [1.807, 2.05) is 91.3 Å². The van der Waals surface area contributed by atoms with Crippen LogP contribution >= 0.6 is 0 Å². The summed E-state index contributed by atoms with van der Waals surface area (Å²) in [5.41, 5.74) is 20.4. The maximum Gasteiger partial charge on any atom is 2.00 e. The summed E-state index contributed by atoms with van der Waals surface area (Å²) >= 11 is 0. The molecule has 4 aliphatic heterocycles. The number of imidazole rings is 2. The molecular formula is C80H58B2N6O4Pt. The van der Waals surface area contributed by atoms with Gasteiger partial charge in [0.25, 0.3) is 6.71 Å². The summed E-state index contributed by atoms with van der Waals surface area (Å²) < 4.78 is 30.5. The van der Waals surface area contributed by atoms with Crippen LogP contribution in [0.2, 0.25) is 0 Å². The average Bonchev–Trinajstić information content (AvgIpc) is 1.21. The van der Waals surface area contributed by atoms with E-state index < -0.39 is 0 Å². The van der Waals surface area contributed by atoms with Gasteiger partial charge in [-0.3, -0.25) is 14.5 Å². The number of ether oxygens (including phenoxy) is 4. The molecule has 18 rings (SSSR count). The normalized spacial score (nSPS) is 12.8. The number of hydrogen-bond donors (Lipinski definition) is 0. The zero-order chi connectivity index (χ0) is 62.0. The van der Waals surface area contributed by atoms with Gasteiger partial charge in [-0.1, -0.05) is 133 Å². The van der Waals surface area contributed by atoms with E-state index in [2.05, 4.69) is 214 Å². The van der Waals surface area contributed by atoms with Crippen LogP contribution < -0.4 is 51.7 Å². The van der Waals surface area contributed by atoms with Gasteiger partial charge in [-0.25, -0.2) is 4.98 Å². The molecule has 4 aliphatic rings. The second-order valence-corrected chi connectivity index (χ2v) is 26.0. The van der Waals surface area contributed by atoms with Crippen LogP contribution in [0.4, 0.5) is 0 Å². The third kappa shape index (κ3) is 9.94. The molecule has 0 bridgehead atoms. The average molecular weight is 1380 g/mol. The number of para-hydroxylation sites is 6. The van der Waals surface area contributed by atoms with Crippen molar-refractivity contribution < 1.29 is 40.0 Å². The minimum Gasteiger partial charge on any atom is -0.503 e. The Kier molecular flexibility index (Phi) is 13.9. The zero-order valence-corrected chi connectivity index (χ0v) is 54.2. The van der Waals surface area contributed by atoms with Crippen molar-refractivity contribution in [3.8, 4) is 103 Å². The topological polar surface area (TPSA) is 98.3 Å². The molecule has 13 heteroatoms. The van der Waals surface area contributed by atoms with Crippen molar-refractivity contribution in [2.45, 2.75) is 52.4 Å². The van der Waals surface area contributed by atoms with Gasteiger partial charge in [0.1, 0.15) is 40.3 Å². The molecule has 10 nitrogen and oxygen atoms in total. The van der Waals surface area contributed by atoms with E-state index in [0.29, 0.717) is 0 Å². The Balaban J connectivity index is 0.000000146. The molecule has 0 saturated carbocycles. The molecule has 0 saturated heterocycles. The fourth-order valence-electron chi connectivity index (χ4n) is 13.5. The number of nitrogens with zero attached hydrogens (tertiary/aromatic N) is 6. The number of rotatable bonds is 6. The standard InChI is InChI=1S/C40H30BN3O2.C40H28BN3O2.Pt/c2*1-40(2,3)27-20-21-42-32(24-27)25-16-18-34-29(22-25)41-30-23-26(17-19-35(30)46-37-15-9-14-36(45-34)38(37)41)39-43-31-12-7-8-13-33(31)44(39)28-10-5-4-6-11-28;/h4-24H,1-3H3;4-21,24H,1-3H3;/q;-2;+2. The summed E-state index contributed by atoms with van der Waals surface area (Å²) in [5, 5.41) is 0. The molecule has 93 heavy (non-hydrogen) atoms. The molecular weight excluding hydrogens is 1330 g/mol. The van der Waals surface area contributed by atoms with E-state index in [4.69, 9.17) is 38.9 Å². The summed E-state index contributed by atoms with van der Waals surface area (Å²) in [6.07, 6.45) is 3.80. The number of pyridine rings is 2. The Bertz CT molecular complexity index is 4950. The van der Waals surface area contributed by atoms with Crippen molar-refractivity contribution in [2.75, 3.05) is 0 Å². The Morgan fingerprint density at radius 1 is 0.366 bits per heavy atom. The molecule has 448 valence electrons. The first kappa shape index (κ1) is 57.6. The summed E-state index contributed by atoms with van der Waals surface area (Å²) in [5.74, 6) is 8.14. The van der Waals surface area contributed by atoms with Crippen molar-refractivity contribution in [3.63, 3.8) is 0 Å². The van der Waals surface area contributed by atoms with Crippen molar-refractivity contribution in [1.82, 2.24) is 29.1 Å². The number of hydrogen-bond acceptors (Lipinski definition) is 8. The fraction of sp³-hybridized carbons (Fsp3) is 0.100.